The zero-order chi connectivity index (χ0) is 27.7. The SMILES string of the molecule is CCN(C(=O)C(=Cc1cnn(Cc2ccccc2)c1)C(=O)NS(=O)(=O)CCc1ccccc1)c1cccnc1. The second kappa shape index (κ2) is 12.8. The van der Waals surface area contributed by atoms with Gasteiger partial charge in [0.1, 0.15) is 5.57 Å². The second-order valence-electron chi connectivity index (χ2n) is 8.76. The standard InChI is InChI=1S/C29H29N5O4S/c1-2-34(26-14-9-16-30-20-26)29(36)27(18-25-19-31-33(22-25)21-24-12-7-4-8-13-24)28(35)32-39(37,38)17-15-23-10-5-3-6-11-23/h3-14,16,18-20,22H,2,15,17,21H2,1H3,(H,32,35). The first-order valence-electron chi connectivity index (χ1n) is 12.4. The third kappa shape index (κ3) is 7.71. The number of amides is 2. The van der Waals surface area contributed by atoms with Crippen molar-refractivity contribution in [2.24, 2.45) is 0 Å². The van der Waals surface area contributed by atoms with Gasteiger partial charge in [0.15, 0.2) is 0 Å². The number of carbonyl (C=O) groups is 2. The van der Waals surface area contributed by atoms with E-state index < -0.39 is 21.8 Å². The van der Waals surface area contributed by atoms with Crippen LogP contribution in [0.15, 0.2) is 103 Å². The van der Waals surface area contributed by atoms with Gasteiger partial charge in [0.2, 0.25) is 10.0 Å². The van der Waals surface area contributed by atoms with Crippen molar-refractivity contribution in [1.82, 2.24) is 19.5 Å². The van der Waals surface area contributed by atoms with Crippen molar-refractivity contribution in [2.75, 3.05) is 17.2 Å². The maximum Gasteiger partial charge on any atom is 0.270 e. The molecule has 2 heterocycles. The van der Waals surface area contributed by atoms with Crippen LogP contribution in [0.3, 0.4) is 0 Å². The number of aryl methyl sites for hydroxylation is 1. The van der Waals surface area contributed by atoms with Crippen molar-refractivity contribution in [2.45, 2.75) is 19.9 Å². The van der Waals surface area contributed by atoms with Crippen molar-refractivity contribution in [3.05, 3.63) is 120 Å². The summed E-state index contributed by atoms with van der Waals surface area (Å²) in [6.07, 6.45) is 7.88. The van der Waals surface area contributed by atoms with Gasteiger partial charge in [-0.1, -0.05) is 60.7 Å². The van der Waals surface area contributed by atoms with Crippen LogP contribution in [0, 0.1) is 0 Å². The van der Waals surface area contributed by atoms with E-state index in [0.29, 0.717) is 17.8 Å². The van der Waals surface area contributed by atoms with Gasteiger partial charge in [0.25, 0.3) is 11.8 Å². The summed E-state index contributed by atoms with van der Waals surface area (Å²) in [5.41, 5.74) is 2.48. The highest BCUT2D eigenvalue weighted by atomic mass is 32.2. The largest absolute Gasteiger partial charge is 0.307 e. The van der Waals surface area contributed by atoms with Crippen LogP contribution in [0.25, 0.3) is 6.08 Å². The topological polar surface area (TPSA) is 114 Å². The van der Waals surface area contributed by atoms with Gasteiger partial charge in [-0.2, -0.15) is 5.10 Å². The molecule has 0 atom stereocenters. The zero-order valence-electron chi connectivity index (χ0n) is 21.5. The first-order chi connectivity index (χ1) is 18.8. The number of benzene rings is 2. The number of rotatable bonds is 11. The molecular weight excluding hydrogens is 514 g/mol. The van der Waals surface area contributed by atoms with Crippen LogP contribution in [-0.4, -0.2) is 47.3 Å². The highest BCUT2D eigenvalue weighted by Gasteiger charge is 2.27. The van der Waals surface area contributed by atoms with E-state index in [1.54, 1.807) is 36.1 Å². The van der Waals surface area contributed by atoms with Crippen LogP contribution in [0.5, 0.6) is 0 Å². The first-order valence-corrected chi connectivity index (χ1v) is 14.1. The molecule has 2 amide bonds. The lowest BCUT2D eigenvalue weighted by Crippen LogP contribution is -2.41. The van der Waals surface area contributed by atoms with Crippen molar-refractivity contribution >= 4 is 33.6 Å². The Morgan fingerprint density at radius 2 is 1.64 bits per heavy atom. The minimum absolute atomic E-state index is 0.222. The molecule has 0 bridgehead atoms. The maximum atomic E-state index is 13.6. The molecule has 0 saturated carbocycles. The van der Waals surface area contributed by atoms with Gasteiger partial charge in [0, 0.05) is 24.5 Å². The second-order valence-corrected chi connectivity index (χ2v) is 10.6. The van der Waals surface area contributed by atoms with Crippen LogP contribution in [0.1, 0.15) is 23.6 Å². The minimum atomic E-state index is -4.03. The Kier molecular flexibility index (Phi) is 9.01. The van der Waals surface area contributed by atoms with Crippen LogP contribution >= 0.6 is 0 Å². The van der Waals surface area contributed by atoms with E-state index in [1.165, 1.54) is 23.4 Å². The fraction of sp³-hybridized carbons (Fsp3) is 0.172. The molecule has 0 fully saturated rings. The predicted octanol–water partition coefficient (Wildman–Crippen LogP) is 3.45. The molecule has 2 aromatic heterocycles. The lowest BCUT2D eigenvalue weighted by atomic mass is 10.1. The summed E-state index contributed by atoms with van der Waals surface area (Å²) in [4.78, 5) is 32.4. The van der Waals surface area contributed by atoms with E-state index in [4.69, 9.17) is 0 Å². The molecular formula is C29H29N5O4S. The van der Waals surface area contributed by atoms with Crippen LogP contribution in [0.2, 0.25) is 0 Å². The maximum absolute atomic E-state index is 13.6. The number of aromatic nitrogens is 3. The van der Waals surface area contributed by atoms with Crippen LogP contribution in [-0.2, 0) is 32.6 Å². The van der Waals surface area contributed by atoms with Crippen molar-refractivity contribution in [3.8, 4) is 0 Å². The Morgan fingerprint density at radius 1 is 0.949 bits per heavy atom. The Hall–Kier alpha value is -4.57. The number of pyridine rings is 1. The molecule has 2 aromatic carbocycles. The van der Waals surface area contributed by atoms with Gasteiger partial charge in [-0.05, 0) is 42.7 Å². The van der Waals surface area contributed by atoms with E-state index in [-0.39, 0.29) is 24.3 Å². The number of carbonyl (C=O) groups excluding carboxylic acids is 2. The van der Waals surface area contributed by atoms with E-state index in [9.17, 15) is 18.0 Å². The molecule has 0 saturated heterocycles. The Bertz CT molecular complexity index is 1540. The predicted molar refractivity (Wildman–Crippen MR) is 150 cm³/mol. The third-order valence-electron chi connectivity index (χ3n) is 5.90. The average molecular weight is 544 g/mol. The summed E-state index contributed by atoms with van der Waals surface area (Å²) in [6, 6.07) is 22.2. The summed E-state index contributed by atoms with van der Waals surface area (Å²) in [5, 5.41) is 4.33. The molecule has 4 aromatic rings. The molecule has 200 valence electrons. The molecule has 0 unspecified atom stereocenters. The van der Waals surface area contributed by atoms with Gasteiger partial charge in [-0.3, -0.25) is 19.3 Å². The van der Waals surface area contributed by atoms with Crippen LogP contribution in [0.4, 0.5) is 5.69 Å². The van der Waals surface area contributed by atoms with Gasteiger partial charge < -0.3 is 4.90 Å². The molecule has 0 aliphatic heterocycles. The van der Waals surface area contributed by atoms with Gasteiger partial charge in [-0.25, -0.2) is 13.1 Å². The zero-order valence-corrected chi connectivity index (χ0v) is 22.3. The lowest BCUT2D eigenvalue weighted by molar-refractivity contribution is -0.121. The van der Waals surface area contributed by atoms with Gasteiger partial charge in [0.05, 0.1) is 30.4 Å². The Labute approximate surface area is 227 Å². The molecule has 10 heteroatoms. The average Bonchev–Trinajstić information content (AvgIpc) is 3.39. The number of hydrogen-bond acceptors (Lipinski definition) is 6. The molecule has 0 aliphatic rings. The first kappa shape index (κ1) is 27.5. The molecule has 9 nitrogen and oxygen atoms in total. The quantitative estimate of drug-likeness (QED) is 0.176. The highest BCUT2D eigenvalue weighted by molar-refractivity contribution is 7.90. The summed E-state index contributed by atoms with van der Waals surface area (Å²) in [6.45, 7) is 2.49. The number of hydrogen-bond donors (Lipinski definition) is 1. The van der Waals surface area contributed by atoms with Crippen molar-refractivity contribution < 1.29 is 18.0 Å². The monoisotopic (exact) mass is 543 g/mol. The smallest absolute Gasteiger partial charge is 0.270 e. The Balaban J connectivity index is 1.60. The summed E-state index contributed by atoms with van der Waals surface area (Å²) >= 11 is 0. The van der Waals surface area contributed by atoms with Gasteiger partial charge in [-0.15, -0.1) is 0 Å². The summed E-state index contributed by atoms with van der Waals surface area (Å²) < 4.78 is 29.4. The Morgan fingerprint density at radius 3 is 2.28 bits per heavy atom. The van der Waals surface area contributed by atoms with E-state index in [0.717, 1.165) is 11.1 Å². The van der Waals surface area contributed by atoms with Crippen LogP contribution < -0.4 is 9.62 Å². The molecule has 1 N–H and O–H groups in total. The highest BCUT2D eigenvalue weighted by Crippen LogP contribution is 2.18. The van der Waals surface area contributed by atoms with E-state index in [2.05, 4.69) is 14.8 Å². The number of nitrogens with zero attached hydrogens (tertiary/aromatic N) is 4. The van der Waals surface area contributed by atoms with Crippen molar-refractivity contribution in [1.29, 1.82) is 0 Å². The number of sulfonamides is 1. The normalized spacial score (nSPS) is 11.7. The molecule has 4 rings (SSSR count). The van der Waals surface area contributed by atoms with Crippen molar-refractivity contribution in [3.63, 3.8) is 0 Å². The molecule has 39 heavy (non-hydrogen) atoms. The third-order valence-corrected chi connectivity index (χ3v) is 7.13. The lowest BCUT2D eigenvalue weighted by Gasteiger charge is -2.21. The number of anilines is 1. The van der Waals surface area contributed by atoms with E-state index in [1.807, 2.05) is 60.7 Å². The minimum Gasteiger partial charge on any atom is -0.307 e. The summed E-state index contributed by atoms with van der Waals surface area (Å²) in [5.74, 6) is -1.97. The van der Waals surface area contributed by atoms with Gasteiger partial charge >= 0.3 is 0 Å². The number of likely N-dealkylation sites (N-methyl/N-ethyl adjacent to an activating group) is 1. The fourth-order valence-electron chi connectivity index (χ4n) is 3.95. The molecule has 0 spiro atoms. The molecule has 0 aliphatic carbocycles. The fourth-order valence-corrected chi connectivity index (χ4v) is 4.95. The summed E-state index contributed by atoms with van der Waals surface area (Å²) in [7, 11) is -4.03. The molecule has 0 radical (unpaired) electrons. The van der Waals surface area contributed by atoms with E-state index >= 15 is 0 Å². The number of nitrogens with one attached hydrogen (secondary N) is 1.